The standard InChI is InChI=1S/C22H27F4N7O/c1-32-7-9-33(10-8-32)18-6-5-13(11-15(18)22(24,25)26)29-21-28-12-16(23)20(31-21)30-17-4-2-3-14(17)19(27)34/h5-6,11-12,14,17H,2-4,7-10H2,1H3,(H2,27,34)(H2,28,29,30,31). The highest BCUT2D eigenvalue weighted by Crippen LogP contribution is 2.39. The molecule has 4 N–H and O–H groups in total. The largest absolute Gasteiger partial charge is 0.418 e. The van der Waals surface area contributed by atoms with Gasteiger partial charge in [-0.25, -0.2) is 9.37 Å². The number of nitrogens with one attached hydrogen (secondary N) is 2. The van der Waals surface area contributed by atoms with E-state index in [-0.39, 0.29) is 29.2 Å². The first-order valence-corrected chi connectivity index (χ1v) is 11.1. The van der Waals surface area contributed by atoms with Crippen LogP contribution < -0.4 is 21.3 Å². The van der Waals surface area contributed by atoms with E-state index in [4.69, 9.17) is 5.73 Å². The number of piperazine rings is 1. The number of rotatable bonds is 6. The van der Waals surface area contributed by atoms with Gasteiger partial charge in [-0.3, -0.25) is 4.79 Å². The number of nitrogens with zero attached hydrogens (tertiary/aromatic N) is 4. The van der Waals surface area contributed by atoms with E-state index in [0.29, 0.717) is 39.0 Å². The van der Waals surface area contributed by atoms with Crippen molar-refractivity contribution in [2.45, 2.75) is 31.5 Å². The first kappa shape index (κ1) is 24.0. The number of amides is 1. The van der Waals surface area contributed by atoms with Crippen LogP contribution in [0.3, 0.4) is 0 Å². The van der Waals surface area contributed by atoms with Crippen LogP contribution in [0.15, 0.2) is 24.4 Å². The molecule has 0 radical (unpaired) electrons. The van der Waals surface area contributed by atoms with Crippen molar-refractivity contribution in [1.82, 2.24) is 14.9 Å². The Hall–Kier alpha value is -3.15. The fraction of sp³-hybridized carbons (Fsp3) is 0.500. The molecule has 1 amide bonds. The molecule has 2 aromatic rings. The lowest BCUT2D eigenvalue weighted by Crippen LogP contribution is -2.45. The van der Waals surface area contributed by atoms with Crippen LogP contribution in [0.5, 0.6) is 0 Å². The monoisotopic (exact) mass is 481 g/mol. The highest BCUT2D eigenvalue weighted by atomic mass is 19.4. The molecule has 2 heterocycles. The first-order valence-electron chi connectivity index (χ1n) is 11.1. The summed E-state index contributed by atoms with van der Waals surface area (Å²) in [5.41, 5.74) is 4.89. The zero-order chi connectivity index (χ0) is 24.5. The Labute approximate surface area is 194 Å². The summed E-state index contributed by atoms with van der Waals surface area (Å²) in [6, 6.07) is 3.58. The topological polar surface area (TPSA) is 99.4 Å². The van der Waals surface area contributed by atoms with Crippen LogP contribution in [0, 0.1) is 11.7 Å². The highest BCUT2D eigenvalue weighted by Gasteiger charge is 2.36. The van der Waals surface area contributed by atoms with Crippen molar-refractivity contribution in [3.63, 3.8) is 0 Å². The van der Waals surface area contributed by atoms with Crippen LogP contribution in [0.4, 0.5) is 40.7 Å². The smallest absolute Gasteiger partial charge is 0.369 e. The lowest BCUT2D eigenvalue weighted by molar-refractivity contribution is -0.137. The number of likely N-dealkylation sites (N-methyl/N-ethyl adjacent to an activating group) is 1. The van der Waals surface area contributed by atoms with E-state index in [0.717, 1.165) is 18.7 Å². The molecule has 1 aliphatic carbocycles. The van der Waals surface area contributed by atoms with Crippen LogP contribution in [0.1, 0.15) is 24.8 Å². The zero-order valence-electron chi connectivity index (χ0n) is 18.7. The molecule has 2 aliphatic rings. The Morgan fingerprint density at radius 2 is 1.91 bits per heavy atom. The molecule has 12 heteroatoms. The number of halogens is 4. The Morgan fingerprint density at radius 3 is 2.59 bits per heavy atom. The summed E-state index contributed by atoms with van der Waals surface area (Å²) in [5, 5.41) is 5.63. The van der Waals surface area contributed by atoms with Crippen molar-refractivity contribution in [3.8, 4) is 0 Å². The number of carbonyl (C=O) groups is 1. The van der Waals surface area contributed by atoms with Gasteiger partial charge in [-0.15, -0.1) is 0 Å². The van der Waals surface area contributed by atoms with Crippen molar-refractivity contribution in [3.05, 3.63) is 35.8 Å². The van der Waals surface area contributed by atoms with Gasteiger partial charge in [0, 0.05) is 43.6 Å². The summed E-state index contributed by atoms with van der Waals surface area (Å²) in [6.45, 7) is 2.34. The number of primary amides is 1. The minimum atomic E-state index is -4.56. The van der Waals surface area contributed by atoms with Gasteiger partial charge in [-0.05, 0) is 38.1 Å². The third-order valence-corrected chi connectivity index (χ3v) is 6.35. The maximum Gasteiger partial charge on any atom is 0.418 e. The predicted molar refractivity (Wildman–Crippen MR) is 120 cm³/mol. The lowest BCUT2D eigenvalue weighted by atomic mass is 10.0. The van der Waals surface area contributed by atoms with Crippen molar-refractivity contribution >= 4 is 29.0 Å². The SMILES string of the molecule is CN1CCN(c2ccc(Nc3ncc(F)c(NC4CCCC4C(N)=O)n3)cc2C(F)(F)F)CC1. The van der Waals surface area contributed by atoms with Gasteiger partial charge in [0.1, 0.15) is 0 Å². The number of benzene rings is 1. The number of hydrogen-bond acceptors (Lipinski definition) is 7. The first-order chi connectivity index (χ1) is 16.1. The second-order valence-corrected chi connectivity index (χ2v) is 8.73. The number of nitrogens with two attached hydrogens (primary N) is 1. The molecule has 4 rings (SSSR count). The molecule has 184 valence electrons. The third-order valence-electron chi connectivity index (χ3n) is 6.35. The van der Waals surface area contributed by atoms with Gasteiger partial charge in [0.05, 0.1) is 17.7 Å². The molecular formula is C22H27F4N7O. The van der Waals surface area contributed by atoms with Gasteiger partial charge in [0.25, 0.3) is 0 Å². The van der Waals surface area contributed by atoms with E-state index in [9.17, 15) is 22.4 Å². The quantitative estimate of drug-likeness (QED) is 0.545. The maximum atomic E-state index is 14.3. The molecule has 2 atom stereocenters. The van der Waals surface area contributed by atoms with E-state index >= 15 is 0 Å². The van der Waals surface area contributed by atoms with Gasteiger partial charge < -0.3 is 26.2 Å². The van der Waals surface area contributed by atoms with E-state index < -0.39 is 29.4 Å². The lowest BCUT2D eigenvalue weighted by Gasteiger charge is -2.35. The molecule has 1 saturated heterocycles. The molecule has 1 aromatic carbocycles. The number of anilines is 4. The number of carbonyl (C=O) groups excluding carboxylic acids is 1. The molecule has 0 spiro atoms. The normalized spacial score (nSPS) is 21.5. The Kier molecular flexibility index (Phi) is 6.78. The molecule has 1 aliphatic heterocycles. The number of aromatic nitrogens is 2. The van der Waals surface area contributed by atoms with Gasteiger partial charge in [0.2, 0.25) is 11.9 Å². The van der Waals surface area contributed by atoms with Gasteiger partial charge in [-0.2, -0.15) is 18.2 Å². The van der Waals surface area contributed by atoms with Gasteiger partial charge in [-0.1, -0.05) is 6.42 Å². The van der Waals surface area contributed by atoms with Crippen LogP contribution >= 0.6 is 0 Å². The molecule has 1 saturated carbocycles. The summed E-state index contributed by atoms with van der Waals surface area (Å²) in [7, 11) is 1.93. The van der Waals surface area contributed by atoms with E-state index in [1.807, 2.05) is 7.05 Å². The van der Waals surface area contributed by atoms with Crippen molar-refractivity contribution in [1.29, 1.82) is 0 Å². The predicted octanol–water partition coefficient (Wildman–Crippen LogP) is 3.20. The van der Waals surface area contributed by atoms with E-state index in [1.165, 1.54) is 12.1 Å². The fourth-order valence-corrected chi connectivity index (χ4v) is 4.47. The molecule has 2 fully saturated rings. The van der Waals surface area contributed by atoms with Crippen LogP contribution in [0.25, 0.3) is 0 Å². The number of alkyl halides is 3. The van der Waals surface area contributed by atoms with Gasteiger partial charge >= 0.3 is 6.18 Å². The minimum Gasteiger partial charge on any atom is -0.369 e. The van der Waals surface area contributed by atoms with Crippen molar-refractivity contribution in [2.75, 3.05) is 48.8 Å². The van der Waals surface area contributed by atoms with E-state index in [1.54, 1.807) is 4.90 Å². The summed E-state index contributed by atoms with van der Waals surface area (Å²) in [6.07, 6.45) is -1.63. The molecule has 0 bridgehead atoms. The maximum absolute atomic E-state index is 14.3. The van der Waals surface area contributed by atoms with Crippen LogP contribution in [0.2, 0.25) is 0 Å². The molecule has 2 unspecified atom stereocenters. The highest BCUT2D eigenvalue weighted by molar-refractivity contribution is 5.78. The van der Waals surface area contributed by atoms with Crippen molar-refractivity contribution < 1.29 is 22.4 Å². The van der Waals surface area contributed by atoms with Crippen LogP contribution in [-0.2, 0) is 11.0 Å². The number of hydrogen-bond donors (Lipinski definition) is 3. The summed E-state index contributed by atoms with van der Waals surface area (Å²) < 4.78 is 55.9. The fourth-order valence-electron chi connectivity index (χ4n) is 4.47. The van der Waals surface area contributed by atoms with Gasteiger partial charge in [0.15, 0.2) is 11.6 Å². The van der Waals surface area contributed by atoms with Crippen molar-refractivity contribution in [2.24, 2.45) is 11.7 Å². The van der Waals surface area contributed by atoms with E-state index in [2.05, 4.69) is 25.5 Å². The Balaban J connectivity index is 1.55. The second kappa shape index (κ2) is 9.61. The Bertz CT molecular complexity index is 1040. The minimum absolute atomic E-state index is 0.0713. The zero-order valence-corrected chi connectivity index (χ0v) is 18.7. The molecular weight excluding hydrogens is 454 g/mol. The summed E-state index contributed by atoms with van der Waals surface area (Å²) in [4.78, 5) is 23.3. The Morgan fingerprint density at radius 1 is 1.18 bits per heavy atom. The third kappa shape index (κ3) is 5.32. The average Bonchev–Trinajstić information content (AvgIpc) is 3.25. The second-order valence-electron chi connectivity index (χ2n) is 8.73. The molecule has 1 aromatic heterocycles. The average molecular weight is 481 g/mol. The van der Waals surface area contributed by atoms with Crippen LogP contribution in [-0.4, -0.2) is 60.0 Å². The molecule has 8 nitrogen and oxygen atoms in total. The molecule has 34 heavy (non-hydrogen) atoms. The summed E-state index contributed by atoms with van der Waals surface area (Å²) >= 11 is 0. The summed E-state index contributed by atoms with van der Waals surface area (Å²) in [5.74, 6) is -1.86.